The Kier molecular flexibility index (Phi) is 3.74. The number of aliphatic carboxylic acids is 1. The largest absolute Gasteiger partial charge is 0.480 e. The SMILES string of the molecule is CC1CCCN(S(=O)(=O)c2cccs2)C1C(=O)O. The van der Waals surface area contributed by atoms with Crippen LogP contribution in [-0.4, -0.2) is 36.4 Å². The summed E-state index contributed by atoms with van der Waals surface area (Å²) in [6.07, 6.45) is 1.45. The first-order chi connectivity index (χ1) is 8.44. The summed E-state index contributed by atoms with van der Waals surface area (Å²) in [5.41, 5.74) is 0. The highest BCUT2D eigenvalue weighted by Crippen LogP contribution is 2.30. The van der Waals surface area contributed by atoms with Gasteiger partial charge in [-0.25, -0.2) is 8.42 Å². The van der Waals surface area contributed by atoms with Crippen LogP contribution in [0, 0.1) is 5.92 Å². The minimum atomic E-state index is -3.67. The molecule has 1 N–H and O–H groups in total. The van der Waals surface area contributed by atoms with Crippen LogP contribution in [0.3, 0.4) is 0 Å². The summed E-state index contributed by atoms with van der Waals surface area (Å²) in [4.78, 5) is 11.3. The van der Waals surface area contributed by atoms with Crippen LogP contribution in [0.2, 0.25) is 0 Å². The number of rotatable bonds is 3. The number of thiophene rings is 1. The highest BCUT2D eigenvalue weighted by atomic mass is 32.2. The molecule has 5 nitrogen and oxygen atoms in total. The van der Waals surface area contributed by atoms with Crippen molar-refractivity contribution in [3.8, 4) is 0 Å². The predicted molar refractivity (Wildman–Crippen MR) is 68.0 cm³/mol. The monoisotopic (exact) mass is 289 g/mol. The van der Waals surface area contributed by atoms with Gasteiger partial charge >= 0.3 is 5.97 Å². The summed E-state index contributed by atoms with van der Waals surface area (Å²) in [5, 5.41) is 10.9. The van der Waals surface area contributed by atoms with E-state index in [1.807, 2.05) is 0 Å². The average molecular weight is 289 g/mol. The molecular formula is C11H15NO4S2. The van der Waals surface area contributed by atoms with Gasteiger partial charge < -0.3 is 5.11 Å². The maximum absolute atomic E-state index is 12.4. The molecule has 0 aliphatic carbocycles. The quantitative estimate of drug-likeness (QED) is 0.917. The lowest BCUT2D eigenvalue weighted by atomic mass is 9.93. The Hall–Kier alpha value is -0.920. The van der Waals surface area contributed by atoms with Gasteiger partial charge in [-0.15, -0.1) is 11.3 Å². The number of hydrogen-bond acceptors (Lipinski definition) is 4. The number of carbonyl (C=O) groups is 1. The van der Waals surface area contributed by atoms with Crippen molar-refractivity contribution in [2.24, 2.45) is 5.92 Å². The molecule has 0 saturated carbocycles. The van der Waals surface area contributed by atoms with Crippen molar-refractivity contribution in [2.75, 3.05) is 6.54 Å². The molecule has 1 aromatic heterocycles. The fourth-order valence-electron chi connectivity index (χ4n) is 2.31. The van der Waals surface area contributed by atoms with E-state index in [4.69, 9.17) is 0 Å². The van der Waals surface area contributed by atoms with Gasteiger partial charge in [-0.2, -0.15) is 4.31 Å². The molecule has 0 amide bonds. The van der Waals surface area contributed by atoms with E-state index >= 15 is 0 Å². The van der Waals surface area contributed by atoms with Gasteiger partial charge in [-0.05, 0) is 30.2 Å². The van der Waals surface area contributed by atoms with Gasteiger partial charge in [0.05, 0.1) is 0 Å². The van der Waals surface area contributed by atoms with E-state index in [0.717, 1.165) is 22.1 Å². The zero-order chi connectivity index (χ0) is 13.3. The van der Waals surface area contributed by atoms with Crippen LogP contribution in [0.5, 0.6) is 0 Å². The number of carboxylic acid groups (broad SMARTS) is 1. The Labute approximate surface area is 110 Å². The van der Waals surface area contributed by atoms with Crippen LogP contribution in [0.15, 0.2) is 21.7 Å². The second kappa shape index (κ2) is 4.99. The van der Waals surface area contributed by atoms with E-state index in [-0.39, 0.29) is 16.7 Å². The number of hydrogen-bond donors (Lipinski definition) is 1. The van der Waals surface area contributed by atoms with Crippen molar-refractivity contribution >= 4 is 27.3 Å². The molecular weight excluding hydrogens is 274 g/mol. The zero-order valence-electron chi connectivity index (χ0n) is 9.94. The van der Waals surface area contributed by atoms with Gasteiger partial charge in [0.2, 0.25) is 0 Å². The smallest absolute Gasteiger partial charge is 0.322 e. The molecule has 2 heterocycles. The molecule has 1 aliphatic rings. The molecule has 18 heavy (non-hydrogen) atoms. The Morgan fingerprint density at radius 1 is 1.56 bits per heavy atom. The first-order valence-electron chi connectivity index (χ1n) is 5.72. The molecule has 0 radical (unpaired) electrons. The minimum absolute atomic E-state index is 0.161. The molecule has 0 bridgehead atoms. The highest BCUT2D eigenvalue weighted by Gasteiger charge is 2.41. The molecule has 2 unspecified atom stereocenters. The Balaban J connectivity index is 2.39. The molecule has 0 aromatic carbocycles. The number of sulfonamides is 1. The van der Waals surface area contributed by atoms with Crippen molar-refractivity contribution in [1.29, 1.82) is 0 Å². The van der Waals surface area contributed by atoms with E-state index in [0.29, 0.717) is 6.42 Å². The molecule has 2 atom stereocenters. The third-order valence-electron chi connectivity index (χ3n) is 3.20. The molecule has 1 aliphatic heterocycles. The van der Waals surface area contributed by atoms with Crippen molar-refractivity contribution in [3.63, 3.8) is 0 Å². The van der Waals surface area contributed by atoms with Crippen LogP contribution >= 0.6 is 11.3 Å². The van der Waals surface area contributed by atoms with Crippen molar-refractivity contribution < 1.29 is 18.3 Å². The molecule has 1 saturated heterocycles. The van der Waals surface area contributed by atoms with Gasteiger partial charge in [0.1, 0.15) is 10.3 Å². The molecule has 1 fully saturated rings. The molecule has 100 valence electrons. The second-order valence-electron chi connectivity index (χ2n) is 4.45. The zero-order valence-corrected chi connectivity index (χ0v) is 11.6. The Bertz CT molecular complexity index is 523. The fraction of sp³-hybridized carbons (Fsp3) is 0.545. The van der Waals surface area contributed by atoms with Crippen molar-refractivity contribution in [1.82, 2.24) is 4.31 Å². The summed E-state index contributed by atoms with van der Waals surface area (Å²) in [6, 6.07) is 2.21. The highest BCUT2D eigenvalue weighted by molar-refractivity contribution is 7.91. The summed E-state index contributed by atoms with van der Waals surface area (Å²) < 4.78 is 26.1. The van der Waals surface area contributed by atoms with E-state index < -0.39 is 22.0 Å². The third-order valence-corrected chi connectivity index (χ3v) is 6.45. The molecule has 0 spiro atoms. The van der Waals surface area contributed by atoms with Crippen LogP contribution in [-0.2, 0) is 14.8 Å². The summed E-state index contributed by atoms with van der Waals surface area (Å²) in [5.74, 6) is -1.23. The van der Waals surface area contributed by atoms with E-state index in [1.54, 1.807) is 18.4 Å². The lowest BCUT2D eigenvalue weighted by Crippen LogP contribution is -2.51. The van der Waals surface area contributed by atoms with Crippen molar-refractivity contribution in [3.05, 3.63) is 17.5 Å². The summed E-state index contributed by atoms with van der Waals surface area (Å²) >= 11 is 1.12. The van der Waals surface area contributed by atoms with E-state index in [2.05, 4.69) is 0 Å². The van der Waals surface area contributed by atoms with Crippen LogP contribution in [0.4, 0.5) is 0 Å². The van der Waals surface area contributed by atoms with Gasteiger partial charge in [0.25, 0.3) is 10.0 Å². The van der Waals surface area contributed by atoms with Crippen LogP contribution < -0.4 is 0 Å². The first kappa shape index (κ1) is 13.5. The third kappa shape index (κ3) is 2.30. The predicted octanol–water partition coefficient (Wildman–Crippen LogP) is 1.62. The lowest BCUT2D eigenvalue weighted by molar-refractivity contribution is -0.144. The van der Waals surface area contributed by atoms with Gasteiger partial charge in [-0.1, -0.05) is 13.0 Å². The molecule has 2 rings (SSSR count). The van der Waals surface area contributed by atoms with Crippen LogP contribution in [0.25, 0.3) is 0 Å². The fourth-order valence-corrected chi connectivity index (χ4v) is 5.15. The minimum Gasteiger partial charge on any atom is -0.480 e. The van der Waals surface area contributed by atoms with Gasteiger partial charge in [0.15, 0.2) is 0 Å². The normalized spacial score (nSPS) is 26.1. The maximum atomic E-state index is 12.4. The number of carboxylic acids is 1. The molecule has 7 heteroatoms. The standard InChI is InChI=1S/C11H15NO4S2/c1-8-4-2-6-12(10(8)11(13)14)18(15,16)9-5-3-7-17-9/h3,5,7-8,10H,2,4,6H2,1H3,(H,13,14). The van der Waals surface area contributed by atoms with E-state index in [9.17, 15) is 18.3 Å². The Morgan fingerprint density at radius 2 is 2.28 bits per heavy atom. The topological polar surface area (TPSA) is 74.7 Å². The van der Waals surface area contributed by atoms with Crippen LogP contribution in [0.1, 0.15) is 19.8 Å². The number of nitrogens with zero attached hydrogens (tertiary/aromatic N) is 1. The van der Waals surface area contributed by atoms with Gasteiger partial charge in [-0.3, -0.25) is 4.79 Å². The maximum Gasteiger partial charge on any atom is 0.322 e. The first-order valence-corrected chi connectivity index (χ1v) is 8.04. The molecule has 1 aromatic rings. The lowest BCUT2D eigenvalue weighted by Gasteiger charge is -2.35. The van der Waals surface area contributed by atoms with Crippen molar-refractivity contribution in [2.45, 2.75) is 30.0 Å². The van der Waals surface area contributed by atoms with Gasteiger partial charge in [0, 0.05) is 6.54 Å². The second-order valence-corrected chi connectivity index (χ2v) is 7.52. The number of piperidine rings is 1. The summed E-state index contributed by atoms with van der Waals surface area (Å²) in [7, 11) is -3.67. The Morgan fingerprint density at radius 3 is 2.83 bits per heavy atom. The average Bonchev–Trinajstić information content (AvgIpc) is 2.82. The summed E-state index contributed by atoms with van der Waals surface area (Å²) in [6.45, 7) is 2.07. The van der Waals surface area contributed by atoms with E-state index in [1.165, 1.54) is 6.07 Å².